The average molecular weight is 408 g/mol. The van der Waals surface area contributed by atoms with Gasteiger partial charge in [0.25, 0.3) is 0 Å². The molecule has 1 aliphatic rings. The second kappa shape index (κ2) is 11.3. The molecule has 3 rings (SSSR count). The molecule has 0 saturated carbocycles. The van der Waals surface area contributed by atoms with Crippen molar-refractivity contribution >= 4 is 5.90 Å². The number of aliphatic hydroxyl groups is 1. The van der Waals surface area contributed by atoms with Gasteiger partial charge in [-0.1, -0.05) is 87.6 Å². The Hall–Kier alpha value is -2.13. The summed E-state index contributed by atoms with van der Waals surface area (Å²) in [5, 5.41) is 9.74. The zero-order valence-corrected chi connectivity index (χ0v) is 18.7. The van der Waals surface area contributed by atoms with Gasteiger partial charge in [0.15, 0.2) is 5.90 Å². The summed E-state index contributed by atoms with van der Waals surface area (Å²) in [6, 6.07) is 17.8. The third-order valence-corrected chi connectivity index (χ3v) is 6.18. The quantitative estimate of drug-likeness (QED) is 0.415. The van der Waals surface area contributed by atoms with Crippen LogP contribution in [0.4, 0.5) is 0 Å². The Morgan fingerprint density at radius 2 is 1.40 bits per heavy atom. The SMILES string of the molecule is CCCCCCCCc1ccc(-c2ccc(CCC3(CO)COC(C)=N3)cc2)cc1. The van der Waals surface area contributed by atoms with Gasteiger partial charge in [-0.2, -0.15) is 0 Å². The third-order valence-electron chi connectivity index (χ3n) is 6.18. The summed E-state index contributed by atoms with van der Waals surface area (Å²) in [6.45, 7) is 4.64. The Labute approximate surface area is 182 Å². The van der Waals surface area contributed by atoms with Crippen LogP contribution < -0.4 is 0 Å². The molecule has 3 nitrogen and oxygen atoms in total. The van der Waals surface area contributed by atoms with Crippen molar-refractivity contribution in [1.82, 2.24) is 0 Å². The molecule has 1 N–H and O–H groups in total. The fourth-order valence-electron chi connectivity index (χ4n) is 4.14. The van der Waals surface area contributed by atoms with Gasteiger partial charge in [-0.15, -0.1) is 0 Å². The van der Waals surface area contributed by atoms with Crippen molar-refractivity contribution in [2.45, 2.75) is 77.2 Å². The molecule has 1 aliphatic heterocycles. The molecule has 162 valence electrons. The Morgan fingerprint density at radius 3 is 1.93 bits per heavy atom. The molecule has 0 spiro atoms. The molecule has 0 saturated heterocycles. The van der Waals surface area contributed by atoms with Crippen molar-refractivity contribution in [3.8, 4) is 11.1 Å². The van der Waals surface area contributed by atoms with E-state index in [0.29, 0.717) is 12.5 Å². The number of benzene rings is 2. The Morgan fingerprint density at radius 1 is 0.833 bits per heavy atom. The standard InChI is InChI=1S/C27H37NO2/c1-3-4-5-6-7-8-9-23-10-14-25(15-11-23)26-16-12-24(13-17-26)18-19-27(20-29)21-30-22(2)28-27/h10-17,29H,3-9,18-21H2,1-2H3. The molecule has 0 radical (unpaired) electrons. The van der Waals surface area contributed by atoms with Gasteiger partial charge in [-0.25, -0.2) is 4.99 Å². The summed E-state index contributed by atoms with van der Waals surface area (Å²) in [5.41, 5.74) is 4.76. The normalized spacial score (nSPS) is 18.3. The molecule has 0 bridgehead atoms. The predicted octanol–water partition coefficient (Wildman–Crippen LogP) is 6.37. The molecule has 2 aromatic carbocycles. The van der Waals surface area contributed by atoms with E-state index in [4.69, 9.17) is 4.74 Å². The summed E-state index contributed by atoms with van der Waals surface area (Å²) in [6.07, 6.45) is 10.9. The molecular weight excluding hydrogens is 370 g/mol. The van der Waals surface area contributed by atoms with Crippen molar-refractivity contribution in [2.75, 3.05) is 13.2 Å². The first-order valence-corrected chi connectivity index (χ1v) is 11.6. The maximum absolute atomic E-state index is 9.74. The largest absolute Gasteiger partial charge is 0.479 e. The topological polar surface area (TPSA) is 41.8 Å². The lowest BCUT2D eigenvalue weighted by Crippen LogP contribution is -2.33. The van der Waals surface area contributed by atoms with Crippen LogP contribution in [0.1, 0.15) is 69.9 Å². The number of nitrogens with zero attached hydrogens (tertiary/aromatic N) is 1. The number of aliphatic imine (C=N–C) groups is 1. The molecule has 1 unspecified atom stereocenters. The highest BCUT2D eigenvalue weighted by Crippen LogP contribution is 2.26. The Kier molecular flexibility index (Phi) is 8.50. The molecule has 2 aromatic rings. The first kappa shape index (κ1) is 22.6. The highest BCUT2D eigenvalue weighted by molar-refractivity contribution is 5.75. The van der Waals surface area contributed by atoms with Gasteiger partial charge in [-0.3, -0.25) is 0 Å². The minimum absolute atomic E-state index is 0.0352. The summed E-state index contributed by atoms with van der Waals surface area (Å²) in [7, 11) is 0. The second-order valence-electron chi connectivity index (χ2n) is 8.71. The van der Waals surface area contributed by atoms with Crippen LogP contribution in [-0.4, -0.2) is 29.8 Å². The van der Waals surface area contributed by atoms with E-state index in [2.05, 4.69) is 60.4 Å². The van der Waals surface area contributed by atoms with Crippen molar-refractivity contribution in [2.24, 2.45) is 4.99 Å². The number of hydrogen-bond donors (Lipinski definition) is 1. The second-order valence-corrected chi connectivity index (χ2v) is 8.71. The van der Waals surface area contributed by atoms with Gasteiger partial charge in [0.1, 0.15) is 12.1 Å². The monoisotopic (exact) mass is 407 g/mol. The van der Waals surface area contributed by atoms with Crippen LogP contribution in [0.15, 0.2) is 53.5 Å². The van der Waals surface area contributed by atoms with Crippen LogP contribution in [0.5, 0.6) is 0 Å². The maximum atomic E-state index is 9.74. The van der Waals surface area contributed by atoms with Crippen molar-refractivity contribution < 1.29 is 9.84 Å². The van der Waals surface area contributed by atoms with E-state index in [9.17, 15) is 5.11 Å². The molecule has 0 amide bonds. The molecule has 1 heterocycles. The summed E-state index contributed by atoms with van der Waals surface area (Å²) in [4.78, 5) is 4.51. The van der Waals surface area contributed by atoms with Crippen molar-refractivity contribution in [1.29, 1.82) is 0 Å². The van der Waals surface area contributed by atoms with Gasteiger partial charge < -0.3 is 9.84 Å². The van der Waals surface area contributed by atoms with Crippen LogP contribution in [0.25, 0.3) is 11.1 Å². The minimum atomic E-state index is -0.464. The molecule has 30 heavy (non-hydrogen) atoms. The average Bonchev–Trinajstić information content (AvgIpc) is 3.17. The molecule has 0 aliphatic carbocycles. The Balaban J connectivity index is 1.48. The van der Waals surface area contributed by atoms with E-state index >= 15 is 0 Å². The van der Waals surface area contributed by atoms with Crippen LogP contribution in [0, 0.1) is 0 Å². The zero-order chi connectivity index (χ0) is 21.2. The first-order chi connectivity index (χ1) is 14.6. The lowest BCUT2D eigenvalue weighted by Gasteiger charge is -2.21. The number of hydrogen-bond acceptors (Lipinski definition) is 3. The van der Waals surface area contributed by atoms with Crippen molar-refractivity contribution in [3.05, 3.63) is 59.7 Å². The predicted molar refractivity (Wildman–Crippen MR) is 126 cm³/mol. The van der Waals surface area contributed by atoms with Gasteiger partial charge in [0.2, 0.25) is 0 Å². The number of aryl methyl sites for hydroxylation is 2. The van der Waals surface area contributed by atoms with Crippen LogP contribution in [0.2, 0.25) is 0 Å². The van der Waals surface area contributed by atoms with E-state index in [0.717, 1.165) is 12.8 Å². The summed E-state index contributed by atoms with van der Waals surface area (Å²) >= 11 is 0. The number of ether oxygens (including phenoxy) is 1. The highest BCUT2D eigenvalue weighted by atomic mass is 16.5. The number of unbranched alkanes of at least 4 members (excludes halogenated alkanes) is 5. The fourth-order valence-corrected chi connectivity index (χ4v) is 4.14. The smallest absolute Gasteiger partial charge is 0.180 e. The number of rotatable bonds is 12. The van der Waals surface area contributed by atoms with Gasteiger partial charge >= 0.3 is 0 Å². The Bertz CT molecular complexity index is 795. The lowest BCUT2D eigenvalue weighted by atomic mass is 9.93. The molecule has 3 heteroatoms. The van der Waals surface area contributed by atoms with Crippen LogP contribution in [-0.2, 0) is 17.6 Å². The molecule has 0 fully saturated rings. The van der Waals surface area contributed by atoms with Crippen molar-refractivity contribution in [3.63, 3.8) is 0 Å². The fraction of sp³-hybridized carbons (Fsp3) is 0.519. The molecule has 1 atom stereocenters. The van der Waals surface area contributed by atoms with E-state index < -0.39 is 5.54 Å². The first-order valence-electron chi connectivity index (χ1n) is 11.6. The van der Waals surface area contributed by atoms with Gasteiger partial charge in [0, 0.05) is 6.92 Å². The molecular formula is C27H37NO2. The van der Waals surface area contributed by atoms with E-state index in [1.54, 1.807) is 0 Å². The minimum Gasteiger partial charge on any atom is -0.479 e. The lowest BCUT2D eigenvalue weighted by molar-refractivity contribution is 0.150. The van der Waals surface area contributed by atoms with E-state index in [-0.39, 0.29) is 6.61 Å². The van der Waals surface area contributed by atoms with Gasteiger partial charge in [0.05, 0.1) is 6.61 Å². The van der Waals surface area contributed by atoms with E-state index in [1.807, 2.05) is 6.92 Å². The zero-order valence-electron chi connectivity index (χ0n) is 18.7. The summed E-state index contributed by atoms with van der Waals surface area (Å²) in [5.74, 6) is 0.680. The molecule has 0 aromatic heterocycles. The summed E-state index contributed by atoms with van der Waals surface area (Å²) < 4.78 is 5.47. The number of aliphatic hydroxyl groups excluding tert-OH is 1. The van der Waals surface area contributed by atoms with E-state index in [1.165, 1.54) is 67.2 Å². The van der Waals surface area contributed by atoms with Gasteiger partial charge in [-0.05, 0) is 47.9 Å². The van der Waals surface area contributed by atoms with Crippen LogP contribution in [0.3, 0.4) is 0 Å². The maximum Gasteiger partial charge on any atom is 0.180 e. The highest BCUT2D eigenvalue weighted by Gasteiger charge is 2.34. The third kappa shape index (κ3) is 6.43. The van der Waals surface area contributed by atoms with Crippen LogP contribution >= 0.6 is 0 Å².